The number of hydrogen-bond acceptors (Lipinski definition) is 4. The second kappa shape index (κ2) is 7.43. The van der Waals surface area contributed by atoms with E-state index in [1.165, 1.54) is 4.31 Å². The van der Waals surface area contributed by atoms with Gasteiger partial charge in [0, 0.05) is 26.2 Å². The summed E-state index contributed by atoms with van der Waals surface area (Å²) in [6.45, 7) is 7.06. The molecule has 0 radical (unpaired) electrons. The number of aryl methyl sites for hydroxylation is 2. The Labute approximate surface area is 149 Å². The summed E-state index contributed by atoms with van der Waals surface area (Å²) in [6, 6.07) is 4.69. The molecule has 1 saturated heterocycles. The van der Waals surface area contributed by atoms with E-state index in [9.17, 15) is 18.0 Å². The molecule has 7 nitrogen and oxygen atoms in total. The van der Waals surface area contributed by atoms with Crippen molar-refractivity contribution in [3.8, 4) is 0 Å². The first-order valence-corrected chi connectivity index (χ1v) is 10.0. The third-order valence-electron chi connectivity index (χ3n) is 4.44. The van der Waals surface area contributed by atoms with E-state index in [4.69, 9.17) is 0 Å². The average Bonchev–Trinajstić information content (AvgIpc) is 2.56. The predicted octanol–water partition coefficient (Wildman–Crippen LogP) is 0.759. The maximum atomic E-state index is 12.9. The van der Waals surface area contributed by atoms with Crippen LogP contribution in [0.25, 0.3) is 0 Å². The van der Waals surface area contributed by atoms with Crippen LogP contribution >= 0.6 is 0 Å². The maximum Gasteiger partial charge on any atom is 0.246 e. The first kappa shape index (κ1) is 19.2. The van der Waals surface area contributed by atoms with Gasteiger partial charge < -0.3 is 9.80 Å². The van der Waals surface area contributed by atoms with Crippen LogP contribution in [0.2, 0.25) is 0 Å². The van der Waals surface area contributed by atoms with E-state index < -0.39 is 16.1 Å². The third kappa shape index (κ3) is 4.31. The number of anilines is 1. The zero-order valence-corrected chi connectivity index (χ0v) is 15.9. The van der Waals surface area contributed by atoms with Crippen LogP contribution in [-0.2, 0) is 19.6 Å². The van der Waals surface area contributed by atoms with Crippen molar-refractivity contribution in [3.05, 3.63) is 29.3 Å². The summed E-state index contributed by atoms with van der Waals surface area (Å²) in [6.07, 6.45) is 1.88. The topological polar surface area (TPSA) is 78.0 Å². The summed E-state index contributed by atoms with van der Waals surface area (Å²) in [5.41, 5.74) is 2.24. The molecule has 1 aliphatic heterocycles. The van der Waals surface area contributed by atoms with Crippen LogP contribution in [0.15, 0.2) is 18.2 Å². The van der Waals surface area contributed by atoms with Crippen molar-refractivity contribution in [1.29, 1.82) is 0 Å². The fourth-order valence-corrected chi connectivity index (χ4v) is 4.26. The standard InChI is InChI=1S/C17H25N3O4S/c1-13-5-6-14(2)16(11-13)20(25(4,23)24)15(3)17(22)19-9-7-18(12-21)8-10-19/h5-6,11-12,15H,7-10H2,1-4H3. The fourth-order valence-electron chi connectivity index (χ4n) is 3.04. The second-order valence-corrected chi connectivity index (χ2v) is 8.35. The van der Waals surface area contributed by atoms with Gasteiger partial charge in [-0.3, -0.25) is 13.9 Å². The normalized spacial score (nSPS) is 16.5. The largest absolute Gasteiger partial charge is 0.342 e. The van der Waals surface area contributed by atoms with E-state index in [1.54, 1.807) is 22.8 Å². The van der Waals surface area contributed by atoms with Crippen molar-refractivity contribution in [1.82, 2.24) is 9.80 Å². The van der Waals surface area contributed by atoms with Gasteiger partial charge in [-0.05, 0) is 38.0 Å². The highest BCUT2D eigenvalue weighted by Crippen LogP contribution is 2.27. The van der Waals surface area contributed by atoms with Gasteiger partial charge in [0.1, 0.15) is 6.04 Å². The van der Waals surface area contributed by atoms with Gasteiger partial charge in [-0.2, -0.15) is 0 Å². The minimum atomic E-state index is -3.64. The number of carbonyl (C=O) groups excluding carboxylic acids is 2. The van der Waals surface area contributed by atoms with Crippen molar-refractivity contribution >= 4 is 28.0 Å². The lowest BCUT2D eigenvalue weighted by atomic mass is 10.1. The Morgan fingerprint density at radius 1 is 1.20 bits per heavy atom. The number of hydrogen-bond donors (Lipinski definition) is 0. The Hall–Kier alpha value is -2.09. The predicted molar refractivity (Wildman–Crippen MR) is 96.9 cm³/mol. The van der Waals surface area contributed by atoms with Crippen LogP contribution in [0.4, 0.5) is 5.69 Å². The number of nitrogens with zero attached hydrogens (tertiary/aromatic N) is 3. The summed E-state index contributed by atoms with van der Waals surface area (Å²) >= 11 is 0. The molecule has 1 fully saturated rings. The quantitative estimate of drug-likeness (QED) is 0.720. The van der Waals surface area contributed by atoms with Gasteiger partial charge in [0.25, 0.3) is 0 Å². The Balaban J connectivity index is 2.31. The first-order valence-electron chi connectivity index (χ1n) is 8.20. The Bertz CT molecular complexity index is 755. The van der Waals surface area contributed by atoms with Crippen molar-refractivity contribution < 1.29 is 18.0 Å². The molecule has 8 heteroatoms. The Morgan fingerprint density at radius 3 is 2.32 bits per heavy atom. The molecule has 0 bridgehead atoms. The number of piperazine rings is 1. The number of benzene rings is 1. The van der Waals surface area contributed by atoms with Crippen LogP contribution < -0.4 is 4.31 Å². The molecule has 2 amide bonds. The molecule has 1 heterocycles. The fraction of sp³-hybridized carbons (Fsp3) is 0.529. The highest BCUT2D eigenvalue weighted by molar-refractivity contribution is 7.92. The molecule has 138 valence electrons. The average molecular weight is 367 g/mol. The smallest absolute Gasteiger partial charge is 0.246 e. The Kier molecular flexibility index (Phi) is 5.72. The van der Waals surface area contributed by atoms with Crippen LogP contribution in [0.5, 0.6) is 0 Å². The summed E-state index contributed by atoms with van der Waals surface area (Å²) in [4.78, 5) is 26.9. The lowest BCUT2D eigenvalue weighted by Crippen LogP contribution is -2.55. The van der Waals surface area contributed by atoms with E-state index in [1.807, 2.05) is 26.0 Å². The lowest BCUT2D eigenvalue weighted by molar-refractivity contribution is -0.135. The molecule has 0 aliphatic carbocycles. The van der Waals surface area contributed by atoms with Crippen molar-refractivity contribution in [3.63, 3.8) is 0 Å². The molecule has 2 rings (SSSR count). The molecular weight excluding hydrogens is 342 g/mol. The maximum absolute atomic E-state index is 12.9. The molecule has 0 N–H and O–H groups in total. The molecule has 1 aromatic rings. The van der Waals surface area contributed by atoms with Crippen LogP contribution in [0.3, 0.4) is 0 Å². The number of amides is 2. The second-order valence-electron chi connectivity index (χ2n) is 6.49. The zero-order chi connectivity index (χ0) is 18.8. The molecule has 1 aliphatic rings. The zero-order valence-electron chi connectivity index (χ0n) is 15.1. The highest BCUT2D eigenvalue weighted by Gasteiger charge is 2.33. The van der Waals surface area contributed by atoms with Gasteiger partial charge in [-0.25, -0.2) is 8.42 Å². The summed E-state index contributed by atoms with van der Waals surface area (Å²) in [5, 5.41) is 0. The molecule has 0 aromatic heterocycles. The van der Waals surface area contributed by atoms with E-state index in [0.717, 1.165) is 23.8 Å². The van der Waals surface area contributed by atoms with Gasteiger partial charge in [0.2, 0.25) is 22.3 Å². The highest BCUT2D eigenvalue weighted by atomic mass is 32.2. The number of sulfonamides is 1. The molecule has 1 unspecified atom stereocenters. The van der Waals surface area contributed by atoms with Gasteiger partial charge in [0.15, 0.2) is 0 Å². The molecule has 1 aromatic carbocycles. The third-order valence-corrected chi connectivity index (χ3v) is 5.67. The molecule has 25 heavy (non-hydrogen) atoms. The van der Waals surface area contributed by atoms with Crippen LogP contribution in [-0.4, -0.2) is 69.0 Å². The van der Waals surface area contributed by atoms with Crippen molar-refractivity contribution in [2.45, 2.75) is 26.8 Å². The van der Waals surface area contributed by atoms with Gasteiger partial charge in [0.05, 0.1) is 11.9 Å². The van der Waals surface area contributed by atoms with Gasteiger partial charge >= 0.3 is 0 Å². The molecule has 0 spiro atoms. The monoisotopic (exact) mass is 367 g/mol. The Morgan fingerprint density at radius 2 is 1.80 bits per heavy atom. The van der Waals surface area contributed by atoms with Gasteiger partial charge in [-0.15, -0.1) is 0 Å². The van der Waals surface area contributed by atoms with Gasteiger partial charge in [-0.1, -0.05) is 12.1 Å². The minimum absolute atomic E-state index is 0.253. The lowest BCUT2D eigenvalue weighted by Gasteiger charge is -2.37. The number of rotatable bonds is 5. The molecule has 1 atom stereocenters. The molecular formula is C17H25N3O4S. The number of carbonyl (C=O) groups is 2. The van der Waals surface area contributed by atoms with Crippen molar-refractivity contribution in [2.75, 3.05) is 36.7 Å². The van der Waals surface area contributed by atoms with Crippen LogP contribution in [0.1, 0.15) is 18.1 Å². The van der Waals surface area contributed by atoms with E-state index >= 15 is 0 Å². The van der Waals surface area contributed by atoms with Crippen LogP contribution in [0, 0.1) is 13.8 Å². The van der Waals surface area contributed by atoms with E-state index in [-0.39, 0.29) is 5.91 Å². The summed E-state index contributed by atoms with van der Waals surface area (Å²) < 4.78 is 26.0. The first-order chi connectivity index (χ1) is 11.6. The van der Waals surface area contributed by atoms with E-state index in [0.29, 0.717) is 31.9 Å². The van der Waals surface area contributed by atoms with E-state index in [2.05, 4.69) is 0 Å². The SMILES string of the molecule is Cc1ccc(C)c(N(C(C)C(=O)N2CCN(C=O)CC2)S(C)(=O)=O)c1. The molecule has 0 saturated carbocycles. The summed E-state index contributed by atoms with van der Waals surface area (Å²) in [5.74, 6) is -0.253. The minimum Gasteiger partial charge on any atom is -0.342 e. The summed E-state index contributed by atoms with van der Waals surface area (Å²) in [7, 11) is -3.64. The van der Waals surface area contributed by atoms with Crippen molar-refractivity contribution in [2.24, 2.45) is 0 Å².